The van der Waals surface area contributed by atoms with E-state index in [4.69, 9.17) is 9.94 Å². The number of piperazine rings is 1. The van der Waals surface area contributed by atoms with Crippen molar-refractivity contribution in [2.24, 2.45) is 5.28 Å². The monoisotopic (exact) mass is 374 g/mol. The summed E-state index contributed by atoms with van der Waals surface area (Å²) in [7, 11) is 1.43. The predicted octanol–water partition coefficient (Wildman–Crippen LogP) is -1.10. The molecule has 0 radical (unpaired) electrons. The van der Waals surface area contributed by atoms with Crippen LogP contribution in [0, 0.1) is 0 Å². The molecule has 12 nitrogen and oxygen atoms in total. The van der Waals surface area contributed by atoms with Crippen LogP contribution >= 0.6 is 0 Å². The zero-order valence-electron chi connectivity index (χ0n) is 14.6. The largest absolute Gasteiger partial charge is 0.481 e. The van der Waals surface area contributed by atoms with E-state index in [2.05, 4.69) is 10.0 Å². The molecule has 0 bridgehead atoms. The van der Waals surface area contributed by atoms with Gasteiger partial charge in [0.05, 0.1) is 25.6 Å². The molecule has 2 aliphatic heterocycles. The number of imide groups is 1. The van der Waals surface area contributed by atoms with Crippen LogP contribution in [0.2, 0.25) is 0 Å². The summed E-state index contributed by atoms with van der Waals surface area (Å²) in [5.41, 5.74) is 0. The summed E-state index contributed by atoms with van der Waals surface area (Å²) in [5.74, 6) is -1.52. The number of carbonyl (C=O) groups is 3. The first-order valence-corrected chi connectivity index (χ1v) is 8.29. The van der Waals surface area contributed by atoms with E-state index in [1.807, 2.05) is 4.90 Å². The van der Waals surface area contributed by atoms with Crippen LogP contribution in [0.25, 0.3) is 0 Å². The Morgan fingerprint density at radius 3 is 2.62 bits per heavy atom. The minimum absolute atomic E-state index is 0.0820. The molecule has 2 heterocycles. The number of likely N-dealkylation sites (tertiary alicyclic amines) is 1. The fraction of sp³-hybridized carbons (Fsp3) is 0.786. The van der Waals surface area contributed by atoms with Crippen molar-refractivity contribution < 1.29 is 39.2 Å². The van der Waals surface area contributed by atoms with Crippen LogP contribution in [0.4, 0.5) is 0 Å². The highest BCUT2D eigenvalue weighted by Gasteiger charge is 2.43. The van der Waals surface area contributed by atoms with Gasteiger partial charge in [0.1, 0.15) is 0 Å². The average molecular weight is 374 g/mol. The number of rotatable bonds is 9. The maximum atomic E-state index is 12.5. The van der Waals surface area contributed by atoms with Gasteiger partial charge in [-0.3, -0.25) is 24.2 Å². The Morgan fingerprint density at radius 1 is 1.31 bits per heavy atom. The second-order valence-corrected chi connectivity index (χ2v) is 5.98. The molecule has 146 valence electrons. The summed E-state index contributed by atoms with van der Waals surface area (Å²) in [4.78, 5) is 43.4. The first-order chi connectivity index (χ1) is 12.4. The molecule has 2 fully saturated rings. The van der Waals surface area contributed by atoms with Crippen LogP contribution in [-0.4, -0.2) is 101 Å². The first-order valence-electron chi connectivity index (χ1n) is 8.29. The van der Waals surface area contributed by atoms with Crippen LogP contribution in [0.1, 0.15) is 19.3 Å². The van der Waals surface area contributed by atoms with E-state index >= 15 is 0 Å². The number of hydrazine groups is 1. The summed E-state index contributed by atoms with van der Waals surface area (Å²) in [6, 6.07) is -0.539. The van der Waals surface area contributed by atoms with Gasteiger partial charge < -0.3 is 14.7 Å². The van der Waals surface area contributed by atoms with Crippen LogP contribution in [-0.2, 0) is 24.0 Å². The summed E-state index contributed by atoms with van der Waals surface area (Å²) < 4.78 is 4.65. The Hall–Kier alpha value is -2.47. The number of methoxy groups -OCH3 is 1. The van der Waals surface area contributed by atoms with E-state index in [0.717, 1.165) is 4.90 Å². The topological polar surface area (TPSA) is 135 Å². The zero-order chi connectivity index (χ0) is 19.1. The number of carboxylic acid groups (broad SMARTS) is 1. The van der Waals surface area contributed by atoms with Crippen molar-refractivity contribution in [3.05, 3.63) is 0 Å². The third-order valence-corrected chi connectivity index (χ3v) is 4.28. The molecule has 0 aromatic carbocycles. The summed E-state index contributed by atoms with van der Waals surface area (Å²) in [5, 5.41) is 23.4. The molecule has 1 unspecified atom stereocenters. The third kappa shape index (κ3) is 5.02. The Morgan fingerprint density at radius 2 is 2.00 bits per heavy atom. The lowest BCUT2D eigenvalue weighted by Crippen LogP contribution is -2.54. The molecule has 0 spiro atoms. The molecule has 2 rings (SSSR count). The van der Waals surface area contributed by atoms with Gasteiger partial charge in [-0.2, -0.15) is 0 Å². The number of amides is 2. The fourth-order valence-corrected chi connectivity index (χ4v) is 2.96. The lowest BCUT2D eigenvalue weighted by Gasteiger charge is -2.32. The van der Waals surface area contributed by atoms with Crippen molar-refractivity contribution >= 4 is 17.8 Å². The maximum Gasteiger partial charge on any atom is 0.303 e. The van der Waals surface area contributed by atoms with Gasteiger partial charge in [-0.1, -0.05) is 0 Å². The molecular weight excluding hydrogens is 350 g/mol. The molecule has 0 saturated carbocycles. The van der Waals surface area contributed by atoms with E-state index in [-0.39, 0.29) is 44.4 Å². The molecule has 2 N–H and O–H groups in total. The van der Waals surface area contributed by atoms with Gasteiger partial charge in [0.15, 0.2) is 0 Å². The van der Waals surface area contributed by atoms with Gasteiger partial charge in [-0.05, 0) is 6.42 Å². The van der Waals surface area contributed by atoms with Gasteiger partial charge in [-0.25, -0.2) is 5.21 Å². The van der Waals surface area contributed by atoms with Crippen molar-refractivity contribution in [3.8, 4) is 0 Å². The van der Waals surface area contributed by atoms with Gasteiger partial charge >= 0.3 is 5.97 Å². The van der Waals surface area contributed by atoms with Crippen LogP contribution in [0.5, 0.6) is 0 Å². The quantitative estimate of drug-likeness (QED) is 0.129. The highest BCUT2D eigenvalue weighted by molar-refractivity contribution is 6.05. The van der Waals surface area contributed by atoms with Crippen LogP contribution in [0.3, 0.4) is 0 Å². The molecular formula is C14H24N5O7+. The summed E-state index contributed by atoms with van der Waals surface area (Å²) in [6.45, 7) is 1.75. The number of carboxylic acids is 1. The first kappa shape index (κ1) is 19.8. The highest BCUT2D eigenvalue weighted by atomic mass is 16.8. The third-order valence-electron chi connectivity index (χ3n) is 4.28. The smallest absolute Gasteiger partial charge is 0.303 e. The molecule has 2 saturated heterocycles. The van der Waals surface area contributed by atoms with Crippen LogP contribution in [0.15, 0.2) is 5.28 Å². The number of nitrogens with zero attached hydrogens (tertiary/aromatic N) is 5. The molecule has 0 aromatic rings. The van der Waals surface area contributed by atoms with Gasteiger partial charge in [-0.15, -0.1) is 5.01 Å². The summed E-state index contributed by atoms with van der Waals surface area (Å²) in [6.07, 6.45) is 0.257. The van der Waals surface area contributed by atoms with Gasteiger partial charge in [0.2, 0.25) is 18.6 Å². The lowest BCUT2D eigenvalue weighted by atomic mass is 10.2. The minimum Gasteiger partial charge on any atom is -0.481 e. The van der Waals surface area contributed by atoms with Crippen molar-refractivity contribution in [2.75, 3.05) is 46.6 Å². The SMILES string of the molecule is COCO/N=[N+](\O)N1CCN(C2CC(=O)N(CCCC(=O)O)C2=O)CC1. The van der Waals surface area contributed by atoms with E-state index in [1.54, 1.807) is 0 Å². The average Bonchev–Trinajstić information content (AvgIpc) is 2.90. The van der Waals surface area contributed by atoms with E-state index < -0.39 is 12.0 Å². The number of hydrogen-bond donors (Lipinski definition) is 2. The number of hydrogen-bond acceptors (Lipinski definition) is 7. The Bertz CT molecular complexity index is 562. The van der Waals surface area contributed by atoms with Crippen molar-refractivity contribution in [2.45, 2.75) is 25.3 Å². The van der Waals surface area contributed by atoms with Gasteiger partial charge in [0, 0.05) is 33.2 Å². The second kappa shape index (κ2) is 9.29. The van der Waals surface area contributed by atoms with E-state index in [0.29, 0.717) is 31.1 Å². The number of aliphatic carboxylic acids is 1. The van der Waals surface area contributed by atoms with Crippen molar-refractivity contribution in [3.63, 3.8) is 0 Å². The molecule has 0 aliphatic carbocycles. The van der Waals surface area contributed by atoms with E-state index in [1.165, 1.54) is 12.1 Å². The molecule has 0 aromatic heterocycles. The summed E-state index contributed by atoms with van der Waals surface area (Å²) >= 11 is 0. The number of carbonyl (C=O) groups excluding carboxylic acids is 2. The lowest BCUT2D eigenvalue weighted by molar-refractivity contribution is -0.942. The second-order valence-electron chi connectivity index (χ2n) is 5.98. The zero-order valence-corrected chi connectivity index (χ0v) is 14.6. The van der Waals surface area contributed by atoms with Crippen molar-refractivity contribution in [1.82, 2.24) is 14.8 Å². The van der Waals surface area contributed by atoms with Crippen molar-refractivity contribution in [1.29, 1.82) is 0 Å². The molecule has 12 heteroatoms. The normalized spacial score (nSPS) is 22.2. The Kier molecular flexibility index (Phi) is 7.09. The maximum absolute atomic E-state index is 12.5. The fourth-order valence-electron chi connectivity index (χ4n) is 2.96. The van der Waals surface area contributed by atoms with Crippen LogP contribution < -0.4 is 0 Å². The standard InChI is InChI=1S/C14H23N5O7/c1-25-10-26-15-19(24)17-7-5-16(6-8-17)11-9-12(20)18(14(11)23)4-2-3-13(21)22/h11H,2-10H2,1H3,(H-,15,21,22,24)/p+1. The molecule has 2 amide bonds. The van der Waals surface area contributed by atoms with E-state index in [9.17, 15) is 19.6 Å². The van der Waals surface area contributed by atoms with Gasteiger partial charge in [0.25, 0.3) is 10.2 Å². The minimum atomic E-state index is -0.954. The Balaban J connectivity index is 1.83. The predicted molar refractivity (Wildman–Crippen MR) is 82.6 cm³/mol. The highest BCUT2D eigenvalue weighted by Crippen LogP contribution is 2.20. The molecule has 26 heavy (non-hydrogen) atoms. The number of ether oxygens (including phenoxy) is 1. The Labute approximate surface area is 150 Å². The molecule has 1 atom stereocenters. The molecule has 2 aliphatic rings.